The number of rotatable bonds is 7. The van der Waals surface area contributed by atoms with Crippen molar-refractivity contribution >= 4 is 21.6 Å². The van der Waals surface area contributed by atoms with Crippen molar-refractivity contribution in [2.45, 2.75) is 30.7 Å². The number of sulfonamides is 1. The predicted molar refractivity (Wildman–Crippen MR) is 106 cm³/mol. The minimum Gasteiger partial charge on any atom is -0.497 e. The topological polar surface area (TPSA) is 84.9 Å². The van der Waals surface area contributed by atoms with E-state index in [0.717, 1.165) is 6.42 Å². The maximum Gasteiger partial charge on any atom is 0.241 e. The smallest absolute Gasteiger partial charge is 0.241 e. The number of anilines is 1. The van der Waals surface area contributed by atoms with Crippen LogP contribution in [0, 0.1) is 0 Å². The summed E-state index contributed by atoms with van der Waals surface area (Å²) in [7, 11) is -0.674. The summed E-state index contributed by atoms with van der Waals surface area (Å²) in [5.74, 6) is 1.24. The second-order valence-electron chi connectivity index (χ2n) is 6.59. The molecule has 1 fully saturated rings. The normalized spacial score (nSPS) is 15.5. The number of carbonyl (C=O) groups excluding carboxylic acids is 1. The van der Waals surface area contributed by atoms with Crippen molar-refractivity contribution in [3.05, 3.63) is 48.0 Å². The van der Waals surface area contributed by atoms with E-state index in [0.29, 0.717) is 35.7 Å². The third-order valence-electron chi connectivity index (χ3n) is 4.77. The first kappa shape index (κ1) is 20.2. The van der Waals surface area contributed by atoms with Crippen molar-refractivity contribution in [3.63, 3.8) is 0 Å². The van der Waals surface area contributed by atoms with Gasteiger partial charge in [-0.3, -0.25) is 4.79 Å². The number of nitrogens with one attached hydrogen (secondary N) is 1. The van der Waals surface area contributed by atoms with Crippen LogP contribution in [0.4, 0.5) is 5.69 Å². The number of amides is 1. The van der Waals surface area contributed by atoms with Crippen LogP contribution in [-0.4, -0.2) is 35.1 Å². The SMILES string of the molecule is COc1ccc(OC)c([C@@H](C)NS(=O)(=O)c2ccc(N3CCCC3=O)cc2)c1. The fourth-order valence-corrected chi connectivity index (χ4v) is 4.49. The van der Waals surface area contributed by atoms with E-state index in [4.69, 9.17) is 9.47 Å². The van der Waals surface area contributed by atoms with Gasteiger partial charge in [0.1, 0.15) is 11.5 Å². The molecule has 0 bridgehead atoms. The zero-order valence-corrected chi connectivity index (χ0v) is 17.0. The first-order chi connectivity index (χ1) is 13.4. The van der Waals surface area contributed by atoms with Gasteiger partial charge in [-0.15, -0.1) is 0 Å². The summed E-state index contributed by atoms with van der Waals surface area (Å²) in [6.45, 7) is 2.40. The lowest BCUT2D eigenvalue weighted by Gasteiger charge is -2.19. The Morgan fingerprint density at radius 3 is 2.36 bits per heavy atom. The van der Waals surface area contributed by atoms with Gasteiger partial charge in [0, 0.05) is 30.3 Å². The third kappa shape index (κ3) is 4.13. The molecule has 1 aliphatic rings. The highest BCUT2D eigenvalue weighted by atomic mass is 32.2. The second kappa shape index (κ2) is 8.20. The van der Waals surface area contributed by atoms with Gasteiger partial charge < -0.3 is 14.4 Å². The second-order valence-corrected chi connectivity index (χ2v) is 8.31. The quantitative estimate of drug-likeness (QED) is 0.767. The van der Waals surface area contributed by atoms with Gasteiger partial charge in [0.2, 0.25) is 15.9 Å². The molecule has 1 atom stereocenters. The van der Waals surface area contributed by atoms with E-state index in [-0.39, 0.29) is 10.8 Å². The summed E-state index contributed by atoms with van der Waals surface area (Å²) in [6.07, 6.45) is 1.35. The molecule has 2 aromatic carbocycles. The zero-order valence-electron chi connectivity index (χ0n) is 16.1. The van der Waals surface area contributed by atoms with Gasteiger partial charge in [-0.1, -0.05) is 0 Å². The fraction of sp³-hybridized carbons (Fsp3) is 0.350. The first-order valence-electron chi connectivity index (χ1n) is 9.00. The Kier molecular flexibility index (Phi) is 5.90. The summed E-state index contributed by atoms with van der Waals surface area (Å²) in [4.78, 5) is 13.7. The molecule has 1 heterocycles. The maximum atomic E-state index is 12.8. The van der Waals surface area contributed by atoms with E-state index in [1.54, 1.807) is 49.3 Å². The van der Waals surface area contributed by atoms with Gasteiger partial charge in [-0.05, 0) is 55.8 Å². The van der Waals surface area contributed by atoms with Crippen LogP contribution in [0.25, 0.3) is 0 Å². The van der Waals surface area contributed by atoms with E-state index >= 15 is 0 Å². The summed E-state index contributed by atoms with van der Waals surface area (Å²) < 4.78 is 38.8. The molecular weight excluding hydrogens is 380 g/mol. The van der Waals surface area contributed by atoms with Crippen LogP contribution in [0.2, 0.25) is 0 Å². The van der Waals surface area contributed by atoms with Crippen molar-refractivity contribution < 1.29 is 22.7 Å². The number of nitrogens with zero attached hydrogens (tertiary/aromatic N) is 1. The third-order valence-corrected chi connectivity index (χ3v) is 6.32. The van der Waals surface area contributed by atoms with E-state index in [9.17, 15) is 13.2 Å². The molecule has 3 rings (SSSR count). The van der Waals surface area contributed by atoms with Crippen LogP contribution >= 0.6 is 0 Å². The standard InChI is InChI=1S/C20H24N2O5S/c1-14(18-13-16(26-2)8-11-19(18)27-3)21-28(24,25)17-9-6-15(7-10-17)22-12-4-5-20(22)23/h6-11,13-14,21H,4-5,12H2,1-3H3/t14-/m1/s1. The molecule has 1 N–H and O–H groups in total. The van der Waals surface area contributed by atoms with Gasteiger partial charge >= 0.3 is 0 Å². The summed E-state index contributed by atoms with van der Waals surface area (Å²) >= 11 is 0. The van der Waals surface area contributed by atoms with Crippen LogP contribution in [0.15, 0.2) is 47.4 Å². The molecule has 1 saturated heterocycles. The molecule has 8 heteroatoms. The molecule has 1 aliphatic heterocycles. The Hall–Kier alpha value is -2.58. The Morgan fingerprint density at radius 1 is 1.07 bits per heavy atom. The highest BCUT2D eigenvalue weighted by molar-refractivity contribution is 7.89. The lowest BCUT2D eigenvalue weighted by molar-refractivity contribution is -0.117. The van der Waals surface area contributed by atoms with Crippen LogP contribution in [0.3, 0.4) is 0 Å². The Morgan fingerprint density at radius 2 is 1.79 bits per heavy atom. The molecule has 0 aromatic heterocycles. The molecule has 28 heavy (non-hydrogen) atoms. The first-order valence-corrected chi connectivity index (χ1v) is 10.5. The molecule has 0 saturated carbocycles. The number of hydrogen-bond donors (Lipinski definition) is 1. The van der Waals surface area contributed by atoms with Crippen molar-refractivity contribution in [1.29, 1.82) is 0 Å². The molecule has 150 valence electrons. The van der Waals surface area contributed by atoms with Crippen molar-refractivity contribution in [3.8, 4) is 11.5 Å². The largest absolute Gasteiger partial charge is 0.497 e. The van der Waals surface area contributed by atoms with E-state index < -0.39 is 16.1 Å². The average Bonchev–Trinajstić information content (AvgIpc) is 3.13. The monoisotopic (exact) mass is 404 g/mol. The molecule has 0 unspecified atom stereocenters. The van der Waals surface area contributed by atoms with Crippen molar-refractivity contribution in [2.75, 3.05) is 25.7 Å². The molecule has 7 nitrogen and oxygen atoms in total. The van der Waals surface area contributed by atoms with Crippen LogP contribution < -0.4 is 19.1 Å². The van der Waals surface area contributed by atoms with Gasteiger partial charge in [0.15, 0.2) is 0 Å². The van der Waals surface area contributed by atoms with Gasteiger partial charge in [-0.2, -0.15) is 0 Å². The maximum absolute atomic E-state index is 12.8. The fourth-order valence-electron chi connectivity index (χ4n) is 3.27. The van der Waals surface area contributed by atoms with E-state index in [2.05, 4.69) is 4.72 Å². The predicted octanol–water partition coefficient (Wildman–Crippen LogP) is 2.87. The number of ether oxygens (including phenoxy) is 2. The molecule has 0 spiro atoms. The van der Waals surface area contributed by atoms with Crippen molar-refractivity contribution in [1.82, 2.24) is 4.72 Å². The van der Waals surface area contributed by atoms with Crippen LogP contribution in [-0.2, 0) is 14.8 Å². The molecule has 1 amide bonds. The summed E-state index contributed by atoms with van der Waals surface area (Å²) in [6, 6.07) is 11.0. The Balaban J connectivity index is 1.81. The summed E-state index contributed by atoms with van der Waals surface area (Å²) in [5, 5.41) is 0. The minimum atomic E-state index is -3.76. The van der Waals surface area contributed by atoms with Gasteiger partial charge in [0.05, 0.1) is 19.1 Å². The lowest BCUT2D eigenvalue weighted by Crippen LogP contribution is -2.27. The lowest BCUT2D eigenvalue weighted by atomic mass is 10.1. The van der Waals surface area contributed by atoms with E-state index in [1.165, 1.54) is 19.2 Å². The molecular formula is C20H24N2O5S. The molecule has 0 radical (unpaired) electrons. The van der Waals surface area contributed by atoms with E-state index in [1.807, 2.05) is 0 Å². The number of methoxy groups -OCH3 is 2. The number of benzene rings is 2. The minimum absolute atomic E-state index is 0.0625. The van der Waals surface area contributed by atoms with Gasteiger partial charge in [-0.25, -0.2) is 13.1 Å². The van der Waals surface area contributed by atoms with Gasteiger partial charge in [0.25, 0.3) is 0 Å². The summed E-state index contributed by atoms with van der Waals surface area (Å²) in [5.41, 5.74) is 1.38. The number of carbonyl (C=O) groups is 1. The number of hydrogen-bond acceptors (Lipinski definition) is 5. The molecule has 2 aromatic rings. The molecule has 0 aliphatic carbocycles. The Bertz CT molecular complexity index is 957. The highest BCUT2D eigenvalue weighted by Gasteiger charge is 2.24. The highest BCUT2D eigenvalue weighted by Crippen LogP contribution is 2.30. The Labute approximate surface area is 165 Å². The zero-order chi connectivity index (χ0) is 20.3. The van der Waals surface area contributed by atoms with Crippen LogP contribution in [0.5, 0.6) is 11.5 Å². The average molecular weight is 404 g/mol. The van der Waals surface area contributed by atoms with Crippen molar-refractivity contribution in [2.24, 2.45) is 0 Å². The van der Waals surface area contributed by atoms with Crippen LogP contribution in [0.1, 0.15) is 31.4 Å².